The highest BCUT2D eigenvalue weighted by Crippen LogP contribution is 2.55. The van der Waals surface area contributed by atoms with Gasteiger partial charge in [0.05, 0.1) is 44.9 Å². The van der Waals surface area contributed by atoms with Crippen LogP contribution < -0.4 is 33.4 Å². The van der Waals surface area contributed by atoms with Crippen molar-refractivity contribution in [1.82, 2.24) is 54.6 Å². The molecular weight excluding hydrogens is 1330 g/mol. The van der Waals surface area contributed by atoms with E-state index in [0.29, 0.717) is 11.1 Å². The van der Waals surface area contributed by atoms with E-state index in [-0.39, 0.29) is 128 Å². The minimum Gasteiger partial charge on any atom is -0.481 e. The number of alkyl halides is 1. The van der Waals surface area contributed by atoms with E-state index >= 15 is 4.39 Å². The average molecular weight is 1400 g/mol. The SMILES string of the molecule is CC(CC(=O)O)C(=O)CCCC(=O)C[C@H](C(=O)N[C@@H](CCCNC(N)=O)C(=O)Cc1ccc(COC(=O)N(C)CCOC(=O)O[C@@H]2[C@@H]3OP(O)(=S)OC[C@H]4O[C@@H](n5cnc6c(=O)[nH]c(N)nc65)[C@H](F)[C@@H]4OP(O)(=S)OC[C@H]3O[C@H]2n2cnc3c(N)ncnc32)cc1)C(C)C. The Hall–Kier alpha value is -7.61. The summed E-state index contributed by atoms with van der Waals surface area (Å²) in [4.78, 5) is 162. The number of primary amides is 1. The lowest BCUT2D eigenvalue weighted by atomic mass is 9.87. The van der Waals surface area contributed by atoms with Crippen molar-refractivity contribution in [2.45, 2.75) is 134 Å². The molecule has 8 rings (SSSR count). The molecule has 0 spiro atoms. The molecule has 7 heterocycles. The molecule has 0 saturated carbocycles. The number of nitrogen functional groups attached to an aromatic ring is 2. The smallest absolute Gasteiger partial charge is 0.481 e. The van der Waals surface area contributed by atoms with Gasteiger partial charge in [0.1, 0.15) is 61.0 Å². The number of benzene rings is 1. The van der Waals surface area contributed by atoms with Crippen LogP contribution in [0.1, 0.15) is 89.3 Å². The Morgan fingerprint density at radius 3 is 2.15 bits per heavy atom. The molecule has 0 radical (unpaired) electrons. The highest BCUT2D eigenvalue weighted by molar-refractivity contribution is 8.07. The standard InChI is InChI=1S/C54H71FN14O21P2S2/c1-26(2)31(19-30(70)7-5-9-33(71)27(3)17-37(73)74)47(75)64-32(8-6-14-59-52(58)77)34(72)18-28-10-12-29(13-11-28)20-83-53(78)67(4)15-16-82-54(79)88-43-42-36(87-50(43)68-24-62-39-44(56)60-23-61-45(39)68)22-85-91(80,93)89-41-35(21-84-92(81,94)90-42)86-49(38(41)55)69-25-63-40-46(69)65-51(57)66-48(40)76/h10-13,23-27,31-32,35-36,38,41-43,49-50H,5-9,14-22H2,1-4H3,(H,64,75)(H,73,74)(H,80,93)(H,81,94)(H2,56,60,61)(H3,58,59,77)(H3,57,65,66,76)/t27?,31-,32-,35+,36+,38+,41+,42+,43+,49+,50+,91?,92?/m0/s1. The number of Topliss-reactive ketones (excluding diaryl/α,β-unsaturated/α-hetero) is 3. The number of carbonyl (C=O) groups excluding carboxylic acids is 7. The minimum atomic E-state index is -4.55. The summed E-state index contributed by atoms with van der Waals surface area (Å²) in [5, 5.41) is 14.2. The van der Waals surface area contributed by atoms with Gasteiger partial charge in [0.15, 0.2) is 53.1 Å². The Balaban J connectivity index is 0.863. The molecule has 1 aromatic carbocycles. The second kappa shape index (κ2) is 31.8. The Morgan fingerprint density at radius 1 is 0.840 bits per heavy atom. The molecule has 0 bridgehead atoms. The first-order chi connectivity index (χ1) is 44.5. The molecule has 3 aliphatic heterocycles. The molecular formula is C54H71FN14O21P2S2. The quantitative estimate of drug-likeness (QED) is 0.0207. The predicted molar refractivity (Wildman–Crippen MR) is 331 cm³/mol. The van der Waals surface area contributed by atoms with Crippen LogP contribution in [-0.4, -0.2) is 189 Å². The molecule has 12 N–H and O–H groups in total. The van der Waals surface area contributed by atoms with E-state index in [9.17, 15) is 52.9 Å². The summed E-state index contributed by atoms with van der Waals surface area (Å²) in [7, 11) is 1.36. The van der Waals surface area contributed by atoms with E-state index in [1.807, 2.05) is 0 Å². The van der Waals surface area contributed by atoms with Crippen LogP contribution in [0.25, 0.3) is 22.3 Å². The molecule has 3 aliphatic rings. The summed E-state index contributed by atoms with van der Waals surface area (Å²) in [6, 6.07) is 4.69. The van der Waals surface area contributed by atoms with Crippen molar-refractivity contribution in [3.8, 4) is 0 Å². The maximum atomic E-state index is 16.5. The third-order valence-corrected chi connectivity index (χ3v) is 18.5. The molecule has 4 amide bonds. The van der Waals surface area contributed by atoms with Gasteiger partial charge in [-0.2, -0.15) is 4.98 Å². The number of fused-ring (bicyclic) bond motifs is 4. The third-order valence-electron chi connectivity index (χ3n) is 15.4. The number of imidazole rings is 2. The number of halogens is 1. The number of aromatic nitrogens is 8. The van der Waals surface area contributed by atoms with E-state index in [0.717, 1.165) is 22.1 Å². The zero-order valence-corrected chi connectivity index (χ0v) is 54.4. The molecule has 3 saturated heterocycles. The predicted octanol–water partition coefficient (Wildman–Crippen LogP) is 2.42. The summed E-state index contributed by atoms with van der Waals surface area (Å²) in [6.07, 6.45) is -12.3. The summed E-state index contributed by atoms with van der Waals surface area (Å²) in [6.45, 7) is -6.42. The zero-order chi connectivity index (χ0) is 68.3. The van der Waals surface area contributed by atoms with Crippen LogP contribution in [0, 0.1) is 17.8 Å². The Morgan fingerprint density at radius 2 is 1.48 bits per heavy atom. The van der Waals surface area contributed by atoms with E-state index in [4.69, 9.17) is 87.7 Å². The zero-order valence-electron chi connectivity index (χ0n) is 51.0. The van der Waals surface area contributed by atoms with Gasteiger partial charge in [0, 0.05) is 51.1 Å². The third kappa shape index (κ3) is 18.9. The van der Waals surface area contributed by atoms with Crippen molar-refractivity contribution >= 4 is 119 Å². The lowest BCUT2D eigenvalue weighted by Gasteiger charge is -2.30. The van der Waals surface area contributed by atoms with Crippen LogP contribution >= 0.6 is 13.4 Å². The number of nitrogens with two attached hydrogens (primary N) is 3. The topological polar surface area (TPSA) is 493 Å². The maximum absolute atomic E-state index is 16.5. The number of hydrogen-bond donors (Lipinski definition) is 9. The molecule has 94 heavy (non-hydrogen) atoms. The van der Waals surface area contributed by atoms with Gasteiger partial charge in [-0.15, -0.1) is 0 Å². The summed E-state index contributed by atoms with van der Waals surface area (Å²) in [5.74, 6) is -4.76. The summed E-state index contributed by atoms with van der Waals surface area (Å²) < 4.78 is 70.9. The number of carboxylic acid groups (broad SMARTS) is 1. The second-order valence-corrected chi connectivity index (χ2v) is 28.2. The Labute approximate surface area is 544 Å². The number of urea groups is 1. The van der Waals surface area contributed by atoms with Crippen molar-refractivity contribution in [2.75, 3.05) is 51.4 Å². The van der Waals surface area contributed by atoms with Crippen molar-refractivity contribution in [2.24, 2.45) is 23.5 Å². The first-order valence-electron chi connectivity index (χ1n) is 29.3. The van der Waals surface area contributed by atoms with Gasteiger partial charge in [-0.3, -0.25) is 51.9 Å². The van der Waals surface area contributed by atoms with Gasteiger partial charge >= 0.3 is 37.7 Å². The summed E-state index contributed by atoms with van der Waals surface area (Å²) in [5.41, 5.74) is 17.1. The van der Waals surface area contributed by atoms with Gasteiger partial charge in [-0.05, 0) is 59.9 Å². The fraction of sp³-hybridized carbons (Fsp3) is 0.556. The number of ketones is 3. The van der Waals surface area contributed by atoms with Crippen molar-refractivity contribution in [3.05, 3.63) is 64.7 Å². The number of rotatable bonds is 27. The van der Waals surface area contributed by atoms with E-state index in [1.54, 1.807) is 38.1 Å². The van der Waals surface area contributed by atoms with Crippen molar-refractivity contribution in [3.63, 3.8) is 0 Å². The number of nitrogens with one attached hydrogen (secondary N) is 3. The number of anilines is 2. The van der Waals surface area contributed by atoms with Gasteiger partial charge in [-0.25, -0.2) is 38.7 Å². The number of H-pyrrole nitrogens is 1. The Bertz CT molecular complexity index is 3770. The highest BCUT2D eigenvalue weighted by atomic mass is 32.5. The number of ether oxygens (including phenoxy) is 5. The number of hydrogen-bond acceptors (Lipinski definition) is 27. The minimum absolute atomic E-state index is 0.00132. The van der Waals surface area contributed by atoms with Crippen LogP contribution in [0.4, 0.5) is 30.5 Å². The van der Waals surface area contributed by atoms with Crippen molar-refractivity contribution in [1.29, 1.82) is 0 Å². The molecule has 4 aromatic heterocycles. The van der Waals surface area contributed by atoms with E-state index < -0.39 is 136 Å². The van der Waals surface area contributed by atoms with Gasteiger partial charge in [0.2, 0.25) is 11.9 Å². The molecule has 35 nitrogen and oxygen atoms in total. The number of nitrogens with zero attached hydrogens (tertiary/aromatic N) is 8. The normalized spacial score (nSPS) is 24.8. The number of aliphatic carboxylic acids is 1. The van der Waals surface area contributed by atoms with Gasteiger partial charge in [-0.1, -0.05) is 45.0 Å². The number of carboxylic acids is 1. The lowest BCUT2D eigenvalue weighted by molar-refractivity contribution is -0.140. The first-order valence-corrected chi connectivity index (χ1v) is 34.5. The number of amides is 4. The number of aromatic amines is 1. The maximum Gasteiger partial charge on any atom is 0.508 e. The molecule has 13 atom stereocenters. The van der Waals surface area contributed by atoms with Crippen LogP contribution in [0.2, 0.25) is 0 Å². The Kier molecular flexibility index (Phi) is 24.4. The number of carbonyl (C=O) groups is 8. The van der Waals surface area contributed by atoms with Crippen LogP contribution in [0.15, 0.2) is 48.0 Å². The lowest BCUT2D eigenvalue weighted by Crippen LogP contribution is -2.46. The molecule has 40 heteroatoms. The van der Waals surface area contributed by atoms with Crippen LogP contribution in [0.3, 0.4) is 0 Å². The monoisotopic (exact) mass is 1400 g/mol. The summed E-state index contributed by atoms with van der Waals surface area (Å²) >= 11 is 10.8. The van der Waals surface area contributed by atoms with E-state index in [1.165, 1.54) is 24.9 Å². The number of likely N-dealkylation sites (N-methyl/N-ethyl adjacent to an activating group) is 1. The average Bonchev–Trinajstić information content (AvgIpc) is 1.61. The second-order valence-electron chi connectivity index (χ2n) is 22.6. The molecule has 3 unspecified atom stereocenters. The van der Waals surface area contributed by atoms with E-state index in [2.05, 4.69) is 40.5 Å². The fourth-order valence-electron chi connectivity index (χ4n) is 10.4. The van der Waals surface area contributed by atoms with Gasteiger partial charge < -0.3 is 80.4 Å². The first kappa shape index (κ1) is 72.2. The van der Waals surface area contributed by atoms with Gasteiger partial charge in [0.25, 0.3) is 5.56 Å². The molecule has 3 fully saturated rings. The van der Waals surface area contributed by atoms with Crippen molar-refractivity contribution < 1.29 is 99.4 Å². The highest BCUT2D eigenvalue weighted by Gasteiger charge is 2.55. The molecule has 0 aliphatic carbocycles. The largest absolute Gasteiger partial charge is 0.508 e. The fourth-order valence-corrected chi connectivity index (χ4v) is 13.3. The van der Waals surface area contributed by atoms with Crippen LogP contribution in [0.5, 0.6) is 0 Å². The molecule has 512 valence electrons. The molecule has 5 aromatic rings. The van der Waals surface area contributed by atoms with Crippen LogP contribution in [-0.2, 0) is 102 Å².